The second-order valence-corrected chi connectivity index (χ2v) is 4.49. The number of anilines is 1. The third-order valence-electron chi connectivity index (χ3n) is 3.07. The summed E-state index contributed by atoms with van der Waals surface area (Å²) in [7, 11) is 0. The lowest BCUT2D eigenvalue weighted by Crippen LogP contribution is -2.06. The molecule has 2 rings (SSSR count). The molecule has 0 fully saturated rings. The first-order valence-corrected chi connectivity index (χ1v) is 7.02. The number of nitrogens with two attached hydrogens (primary N) is 1. The largest absolute Gasteiger partial charge is 0.478 e. The van der Waals surface area contributed by atoms with Crippen LogP contribution in [0.3, 0.4) is 0 Å². The van der Waals surface area contributed by atoms with Crippen molar-refractivity contribution in [3.63, 3.8) is 0 Å². The number of aromatic nitrogens is 4. The summed E-state index contributed by atoms with van der Waals surface area (Å²) in [5.74, 6) is 1.25. The molecular weight excluding hydrogens is 254 g/mol. The molecular formula is C14H21N5O. The molecule has 2 heterocycles. The molecule has 2 aromatic heterocycles. The molecule has 0 radical (unpaired) electrons. The Bertz CT molecular complexity index is 579. The van der Waals surface area contributed by atoms with E-state index >= 15 is 0 Å². The number of nitrogens with zero attached hydrogens (tertiary/aromatic N) is 4. The zero-order valence-corrected chi connectivity index (χ0v) is 12.3. The molecule has 6 nitrogen and oxygen atoms in total. The van der Waals surface area contributed by atoms with Crippen molar-refractivity contribution < 1.29 is 4.74 Å². The molecule has 20 heavy (non-hydrogen) atoms. The summed E-state index contributed by atoms with van der Waals surface area (Å²) >= 11 is 0. The molecule has 0 aliphatic heterocycles. The van der Waals surface area contributed by atoms with E-state index in [-0.39, 0.29) is 0 Å². The summed E-state index contributed by atoms with van der Waals surface area (Å²) in [6.45, 7) is 6.79. The van der Waals surface area contributed by atoms with Crippen molar-refractivity contribution in [1.29, 1.82) is 0 Å². The smallest absolute Gasteiger partial charge is 0.218 e. The van der Waals surface area contributed by atoms with Gasteiger partial charge in [-0.1, -0.05) is 20.8 Å². The van der Waals surface area contributed by atoms with Crippen LogP contribution >= 0.6 is 0 Å². The van der Waals surface area contributed by atoms with Gasteiger partial charge in [0, 0.05) is 6.07 Å². The van der Waals surface area contributed by atoms with Crippen molar-refractivity contribution in [2.24, 2.45) is 0 Å². The average molecular weight is 275 g/mol. The number of hydrogen-bond acceptors (Lipinski definition) is 5. The van der Waals surface area contributed by atoms with Gasteiger partial charge in [0.05, 0.1) is 23.7 Å². The van der Waals surface area contributed by atoms with Gasteiger partial charge >= 0.3 is 0 Å². The van der Waals surface area contributed by atoms with Gasteiger partial charge in [-0.25, -0.2) is 14.6 Å². The Balaban J connectivity index is 2.40. The second-order valence-electron chi connectivity index (χ2n) is 4.49. The van der Waals surface area contributed by atoms with Crippen molar-refractivity contribution in [1.82, 2.24) is 19.7 Å². The van der Waals surface area contributed by atoms with Gasteiger partial charge < -0.3 is 10.5 Å². The number of hydrogen-bond donors (Lipinski definition) is 1. The van der Waals surface area contributed by atoms with E-state index in [1.54, 1.807) is 10.7 Å². The van der Waals surface area contributed by atoms with E-state index in [0.29, 0.717) is 18.3 Å². The Labute approximate surface area is 119 Å². The molecule has 6 heteroatoms. The number of aryl methyl sites for hydroxylation is 1. The highest BCUT2D eigenvalue weighted by molar-refractivity contribution is 5.51. The minimum Gasteiger partial charge on any atom is -0.478 e. The Hall–Kier alpha value is -2.11. The van der Waals surface area contributed by atoms with Crippen LogP contribution in [0.15, 0.2) is 12.4 Å². The molecule has 0 aliphatic carbocycles. The SMILES string of the molecule is CCCOc1cc(-n2nc(CC)c(N)c2CC)ncn1. The molecule has 108 valence electrons. The topological polar surface area (TPSA) is 78.9 Å². The highest BCUT2D eigenvalue weighted by atomic mass is 16.5. The Morgan fingerprint density at radius 1 is 1.20 bits per heavy atom. The third kappa shape index (κ3) is 2.74. The quantitative estimate of drug-likeness (QED) is 0.874. The molecule has 2 N–H and O–H groups in total. The van der Waals surface area contributed by atoms with Crippen LogP contribution in [0.25, 0.3) is 5.82 Å². The van der Waals surface area contributed by atoms with Crippen LogP contribution in [-0.4, -0.2) is 26.4 Å². The van der Waals surface area contributed by atoms with Gasteiger partial charge in [0.25, 0.3) is 0 Å². The first-order chi connectivity index (χ1) is 9.71. The van der Waals surface area contributed by atoms with Crippen molar-refractivity contribution in [3.05, 3.63) is 23.8 Å². The van der Waals surface area contributed by atoms with Crippen LogP contribution in [0.4, 0.5) is 5.69 Å². The summed E-state index contributed by atoms with van der Waals surface area (Å²) < 4.78 is 7.32. The van der Waals surface area contributed by atoms with E-state index < -0.39 is 0 Å². The monoisotopic (exact) mass is 275 g/mol. The summed E-state index contributed by atoms with van der Waals surface area (Å²) in [4.78, 5) is 8.37. The number of ether oxygens (including phenoxy) is 1. The third-order valence-corrected chi connectivity index (χ3v) is 3.07. The minimum absolute atomic E-state index is 0.561. The Kier molecular flexibility index (Phi) is 4.55. The number of nitrogen functional groups attached to an aromatic ring is 1. The molecule has 0 saturated heterocycles. The highest BCUT2D eigenvalue weighted by Gasteiger charge is 2.15. The molecule has 2 aromatic rings. The fourth-order valence-corrected chi connectivity index (χ4v) is 2.04. The zero-order chi connectivity index (χ0) is 14.5. The molecule has 0 unspecified atom stereocenters. The fourth-order valence-electron chi connectivity index (χ4n) is 2.04. The predicted molar refractivity (Wildman–Crippen MR) is 78.1 cm³/mol. The lowest BCUT2D eigenvalue weighted by atomic mass is 10.2. The molecule has 0 aromatic carbocycles. The highest BCUT2D eigenvalue weighted by Crippen LogP contribution is 2.22. The second kappa shape index (κ2) is 6.36. The van der Waals surface area contributed by atoms with Gasteiger partial charge in [-0.3, -0.25) is 0 Å². The molecule has 0 spiro atoms. The van der Waals surface area contributed by atoms with Gasteiger partial charge in [-0.2, -0.15) is 5.10 Å². The van der Waals surface area contributed by atoms with Crippen LogP contribution in [0, 0.1) is 0 Å². The van der Waals surface area contributed by atoms with Gasteiger partial charge in [-0.05, 0) is 19.3 Å². The summed E-state index contributed by atoms with van der Waals surface area (Å²) in [6.07, 6.45) is 4.03. The predicted octanol–water partition coefficient (Wildman–Crippen LogP) is 2.16. The first-order valence-electron chi connectivity index (χ1n) is 7.02. The van der Waals surface area contributed by atoms with Crippen molar-refractivity contribution in [2.45, 2.75) is 40.0 Å². The maximum atomic E-state index is 6.12. The maximum absolute atomic E-state index is 6.12. The van der Waals surface area contributed by atoms with Crippen molar-refractivity contribution >= 4 is 5.69 Å². The lowest BCUT2D eigenvalue weighted by Gasteiger charge is -2.07. The normalized spacial score (nSPS) is 10.8. The van der Waals surface area contributed by atoms with Crippen LogP contribution in [0.5, 0.6) is 5.88 Å². The number of rotatable bonds is 6. The van der Waals surface area contributed by atoms with E-state index in [2.05, 4.69) is 28.9 Å². The summed E-state index contributed by atoms with van der Waals surface area (Å²) in [6, 6.07) is 1.79. The Morgan fingerprint density at radius 3 is 2.65 bits per heavy atom. The van der Waals surface area contributed by atoms with Crippen molar-refractivity contribution in [2.75, 3.05) is 12.3 Å². The van der Waals surface area contributed by atoms with Gasteiger partial charge in [0.2, 0.25) is 5.88 Å². The first kappa shape index (κ1) is 14.3. The van der Waals surface area contributed by atoms with Gasteiger partial charge in [0.15, 0.2) is 5.82 Å². The molecule has 0 aliphatic rings. The van der Waals surface area contributed by atoms with Crippen molar-refractivity contribution in [3.8, 4) is 11.7 Å². The Morgan fingerprint density at radius 2 is 2.00 bits per heavy atom. The molecule has 0 bridgehead atoms. The van der Waals surface area contributed by atoms with Crippen LogP contribution in [-0.2, 0) is 12.8 Å². The summed E-state index contributed by atoms with van der Waals surface area (Å²) in [5, 5.41) is 4.54. The van der Waals surface area contributed by atoms with Gasteiger partial charge in [0.1, 0.15) is 6.33 Å². The van der Waals surface area contributed by atoms with E-state index in [4.69, 9.17) is 10.5 Å². The lowest BCUT2D eigenvalue weighted by molar-refractivity contribution is 0.304. The molecule has 0 atom stereocenters. The molecule has 0 amide bonds. The summed E-state index contributed by atoms with van der Waals surface area (Å²) in [5.41, 5.74) is 8.75. The van der Waals surface area contributed by atoms with E-state index in [0.717, 1.165) is 36.3 Å². The minimum atomic E-state index is 0.561. The zero-order valence-electron chi connectivity index (χ0n) is 12.3. The van der Waals surface area contributed by atoms with E-state index in [1.165, 1.54) is 6.33 Å². The van der Waals surface area contributed by atoms with Crippen LogP contribution < -0.4 is 10.5 Å². The average Bonchev–Trinajstić information content (AvgIpc) is 2.81. The standard InChI is InChI=1S/C14H21N5O/c1-4-7-20-13-8-12(16-9-17-13)19-11(6-3)14(15)10(5-2)18-19/h8-9H,4-7,15H2,1-3H3. The fraction of sp³-hybridized carbons (Fsp3) is 0.500. The van der Waals surface area contributed by atoms with E-state index in [9.17, 15) is 0 Å². The van der Waals surface area contributed by atoms with Gasteiger partial charge in [-0.15, -0.1) is 0 Å². The van der Waals surface area contributed by atoms with Crippen LogP contribution in [0.1, 0.15) is 38.6 Å². The van der Waals surface area contributed by atoms with Crippen LogP contribution in [0.2, 0.25) is 0 Å². The maximum Gasteiger partial charge on any atom is 0.218 e. The van der Waals surface area contributed by atoms with E-state index in [1.807, 2.05) is 6.92 Å². The molecule has 0 saturated carbocycles.